The Morgan fingerprint density at radius 2 is 0.909 bits per heavy atom. The molecule has 0 spiro atoms. The molecule has 4 rings (SSSR count). The molecule has 0 amide bonds. The van der Waals surface area contributed by atoms with Crippen molar-refractivity contribution in [2.75, 3.05) is 0 Å². The van der Waals surface area contributed by atoms with Gasteiger partial charge in [0.2, 0.25) is 0 Å². The van der Waals surface area contributed by atoms with Gasteiger partial charge < -0.3 is 9.13 Å². The van der Waals surface area contributed by atoms with E-state index in [1.807, 2.05) is 0 Å². The normalized spacial score (nSPS) is 12.8. The summed E-state index contributed by atoms with van der Waals surface area (Å²) in [5.74, 6) is 1.87. The third-order valence-corrected chi connectivity index (χ3v) is 6.28. The number of hydrogen-bond donors (Lipinski definition) is 0. The summed E-state index contributed by atoms with van der Waals surface area (Å²) in [5.41, 5.74) is 4.21. The van der Waals surface area contributed by atoms with Crippen molar-refractivity contribution in [3.63, 3.8) is 0 Å². The van der Waals surface area contributed by atoms with Gasteiger partial charge in [-0.25, -0.2) is 9.97 Å². The van der Waals surface area contributed by atoms with Crippen molar-refractivity contribution < 1.29 is 0 Å². The minimum Gasteiger partial charge on any atom is -0.305 e. The van der Waals surface area contributed by atoms with E-state index in [0.29, 0.717) is 0 Å². The Morgan fingerprint density at radius 1 is 0.515 bits per heavy atom. The zero-order chi connectivity index (χ0) is 24.0. The smallest absolute Gasteiger partial charge is 0.137 e. The summed E-state index contributed by atoms with van der Waals surface area (Å²) >= 11 is 0. The maximum atomic E-state index is 5.10. The number of pyridine rings is 2. The molecule has 0 fully saturated rings. The summed E-state index contributed by atoms with van der Waals surface area (Å²) in [7, 11) is 0. The quantitative estimate of drug-likeness (QED) is 0.343. The van der Waals surface area contributed by atoms with Crippen LogP contribution in [0.3, 0.4) is 0 Å². The molecule has 0 aliphatic carbocycles. The second-order valence-electron chi connectivity index (χ2n) is 11.4. The summed E-state index contributed by atoms with van der Waals surface area (Å²) in [5, 5.41) is 0. The highest BCUT2D eigenvalue weighted by Crippen LogP contribution is 2.32. The van der Waals surface area contributed by atoms with E-state index in [0.717, 1.165) is 23.0 Å². The Morgan fingerprint density at radius 3 is 1.27 bits per heavy atom. The molecule has 0 aliphatic rings. The molecule has 0 aromatic carbocycles. The Bertz CT molecular complexity index is 1160. The van der Waals surface area contributed by atoms with Crippen molar-refractivity contribution in [2.24, 2.45) is 0 Å². The van der Waals surface area contributed by atoms with Gasteiger partial charge in [-0.3, -0.25) is 0 Å². The lowest BCUT2D eigenvalue weighted by molar-refractivity contribution is 0.548. The van der Waals surface area contributed by atoms with E-state index in [1.165, 1.54) is 11.4 Å². The van der Waals surface area contributed by atoms with Crippen molar-refractivity contribution in [3.8, 4) is 11.6 Å². The highest BCUT2D eigenvalue weighted by Gasteiger charge is 2.28. The highest BCUT2D eigenvalue weighted by molar-refractivity contribution is 5.39. The minimum absolute atomic E-state index is 0.0358. The zero-order valence-electron chi connectivity index (χ0n) is 21.2. The van der Waals surface area contributed by atoms with E-state index in [1.54, 1.807) is 0 Å². The number of hydrogen-bond acceptors (Lipinski definition) is 2. The maximum absolute atomic E-state index is 5.10. The third kappa shape index (κ3) is 4.39. The SMILES string of the molecule is CC(C)(C)c1cccn1-c1cccc(C(C)(C)c2cccc(-n3cccc3C(C)(C)C)n2)n1. The first-order valence-electron chi connectivity index (χ1n) is 11.7. The van der Waals surface area contributed by atoms with Crippen LogP contribution in [0.15, 0.2) is 73.1 Å². The number of rotatable bonds is 4. The molecule has 4 nitrogen and oxygen atoms in total. The fourth-order valence-electron chi connectivity index (χ4n) is 4.33. The fourth-order valence-corrected chi connectivity index (χ4v) is 4.33. The summed E-state index contributed by atoms with van der Waals surface area (Å²) in [6.07, 6.45) is 4.19. The van der Waals surface area contributed by atoms with Gasteiger partial charge in [0.05, 0.1) is 11.4 Å². The summed E-state index contributed by atoms with van der Waals surface area (Å²) in [4.78, 5) is 10.2. The Hall–Kier alpha value is -3.14. The molecule has 4 heteroatoms. The van der Waals surface area contributed by atoms with E-state index >= 15 is 0 Å². The fraction of sp³-hybridized carbons (Fsp3) is 0.379. The van der Waals surface area contributed by atoms with Crippen molar-refractivity contribution in [3.05, 3.63) is 95.8 Å². The molecule has 172 valence electrons. The van der Waals surface area contributed by atoms with Crippen molar-refractivity contribution >= 4 is 0 Å². The zero-order valence-corrected chi connectivity index (χ0v) is 21.2. The predicted octanol–water partition coefficient (Wildman–Crippen LogP) is 6.98. The van der Waals surface area contributed by atoms with E-state index < -0.39 is 0 Å². The molecule has 0 N–H and O–H groups in total. The molecular formula is C29H36N4. The third-order valence-electron chi connectivity index (χ3n) is 6.28. The average molecular weight is 441 g/mol. The van der Waals surface area contributed by atoms with Crippen LogP contribution in [0.2, 0.25) is 0 Å². The Labute approximate surface area is 198 Å². The van der Waals surface area contributed by atoms with E-state index in [9.17, 15) is 0 Å². The van der Waals surface area contributed by atoms with Crippen LogP contribution in [0.4, 0.5) is 0 Å². The minimum atomic E-state index is -0.351. The molecule has 4 heterocycles. The van der Waals surface area contributed by atoms with E-state index in [2.05, 4.69) is 138 Å². The van der Waals surface area contributed by atoms with Crippen molar-refractivity contribution in [1.29, 1.82) is 0 Å². The molecule has 0 unspecified atom stereocenters. The molecule has 0 aliphatic heterocycles. The van der Waals surface area contributed by atoms with Crippen molar-refractivity contribution in [2.45, 2.75) is 71.6 Å². The van der Waals surface area contributed by atoms with Gasteiger partial charge in [0, 0.05) is 40.0 Å². The van der Waals surface area contributed by atoms with Crippen LogP contribution in [0.25, 0.3) is 11.6 Å². The van der Waals surface area contributed by atoms with Gasteiger partial charge in [0.1, 0.15) is 11.6 Å². The van der Waals surface area contributed by atoms with Crippen molar-refractivity contribution in [1.82, 2.24) is 19.1 Å². The van der Waals surface area contributed by atoms with Crippen LogP contribution in [-0.4, -0.2) is 19.1 Å². The lowest BCUT2D eigenvalue weighted by Crippen LogP contribution is -2.24. The van der Waals surface area contributed by atoms with Gasteiger partial charge >= 0.3 is 0 Å². The second-order valence-corrected chi connectivity index (χ2v) is 11.4. The largest absolute Gasteiger partial charge is 0.305 e. The highest BCUT2D eigenvalue weighted by atomic mass is 15.1. The second kappa shape index (κ2) is 8.02. The van der Waals surface area contributed by atoms with Crippen LogP contribution in [-0.2, 0) is 16.2 Å². The lowest BCUT2D eigenvalue weighted by Gasteiger charge is -2.27. The van der Waals surface area contributed by atoms with Gasteiger partial charge in [0.15, 0.2) is 0 Å². The summed E-state index contributed by atoms with van der Waals surface area (Å²) in [6, 6.07) is 21.1. The monoisotopic (exact) mass is 440 g/mol. The van der Waals surface area contributed by atoms with Gasteiger partial charge in [-0.1, -0.05) is 53.7 Å². The van der Waals surface area contributed by atoms with Gasteiger partial charge in [0.25, 0.3) is 0 Å². The standard InChI is InChI=1S/C29H36N4/c1-27(2,3)23-15-11-19-32(23)25-17-9-13-21(30-25)29(7,8)22-14-10-18-26(31-22)33-20-12-16-24(33)28(4,5)6/h9-20H,1-8H3. The van der Waals surface area contributed by atoms with Crippen LogP contribution < -0.4 is 0 Å². The van der Waals surface area contributed by atoms with Crippen LogP contribution in [0.1, 0.15) is 78.2 Å². The predicted molar refractivity (Wildman–Crippen MR) is 137 cm³/mol. The molecule has 0 saturated carbocycles. The molecule has 0 bridgehead atoms. The molecule has 33 heavy (non-hydrogen) atoms. The first kappa shape index (κ1) is 23.0. The Kier molecular flexibility index (Phi) is 5.60. The molecule has 0 saturated heterocycles. The molecule has 4 aromatic rings. The van der Waals surface area contributed by atoms with Crippen LogP contribution in [0.5, 0.6) is 0 Å². The first-order chi connectivity index (χ1) is 15.4. The van der Waals surface area contributed by atoms with Gasteiger partial charge in [-0.2, -0.15) is 0 Å². The van der Waals surface area contributed by atoms with E-state index in [4.69, 9.17) is 9.97 Å². The van der Waals surface area contributed by atoms with Gasteiger partial charge in [-0.05, 0) is 62.4 Å². The molecule has 0 radical (unpaired) electrons. The summed E-state index contributed by atoms with van der Waals surface area (Å²) in [6.45, 7) is 17.8. The average Bonchev–Trinajstić information content (AvgIpc) is 3.43. The van der Waals surface area contributed by atoms with Gasteiger partial charge in [-0.15, -0.1) is 0 Å². The Balaban J connectivity index is 1.75. The lowest BCUT2D eigenvalue weighted by atomic mass is 9.84. The maximum Gasteiger partial charge on any atom is 0.137 e. The molecule has 0 atom stereocenters. The van der Waals surface area contributed by atoms with Crippen LogP contribution in [0, 0.1) is 0 Å². The molecule has 4 aromatic heterocycles. The molecular weight excluding hydrogens is 404 g/mol. The van der Waals surface area contributed by atoms with E-state index in [-0.39, 0.29) is 16.2 Å². The van der Waals surface area contributed by atoms with Crippen LogP contribution >= 0.6 is 0 Å². The first-order valence-corrected chi connectivity index (χ1v) is 11.7. The number of nitrogens with zero attached hydrogens (tertiary/aromatic N) is 4. The summed E-state index contributed by atoms with van der Waals surface area (Å²) < 4.78 is 4.39. The topological polar surface area (TPSA) is 35.6 Å². The number of aromatic nitrogens is 4.